The van der Waals surface area contributed by atoms with Crippen molar-refractivity contribution in [3.8, 4) is 6.07 Å². The number of benzene rings is 2. The molecule has 2 heterocycles. The number of carbonyl (C=O) groups excluding carboxylic acids is 3. The Kier molecular flexibility index (Phi) is 8.44. The Morgan fingerprint density at radius 1 is 1.08 bits per heavy atom. The van der Waals surface area contributed by atoms with Crippen LogP contribution in [0.2, 0.25) is 0 Å². The van der Waals surface area contributed by atoms with Crippen molar-refractivity contribution in [1.29, 1.82) is 5.26 Å². The quantitative estimate of drug-likeness (QED) is 0.483. The lowest BCUT2D eigenvalue weighted by atomic mass is 10.0. The zero-order valence-corrected chi connectivity index (χ0v) is 21.2. The van der Waals surface area contributed by atoms with Crippen LogP contribution in [0, 0.1) is 18.3 Å². The van der Waals surface area contributed by atoms with E-state index in [1.54, 1.807) is 17.0 Å². The molecule has 1 N–H and O–H groups in total. The van der Waals surface area contributed by atoms with E-state index < -0.39 is 0 Å². The number of amides is 4. The summed E-state index contributed by atoms with van der Waals surface area (Å²) < 4.78 is 0. The third kappa shape index (κ3) is 5.97. The molecule has 1 fully saturated rings. The number of hydrogen-bond acceptors (Lipinski definition) is 5. The zero-order chi connectivity index (χ0) is 25.5. The molecule has 2 aliphatic heterocycles. The first kappa shape index (κ1) is 25.5. The van der Waals surface area contributed by atoms with Gasteiger partial charge in [-0.05, 0) is 42.4 Å². The summed E-state index contributed by atoms with van der Waals surface area (Å²) in [6.45, 7) is 3.14. The van der Waals surface area contributed by atoms with E-state index in [-0.39, 0.29) is 35.7 Å². The van der Waals surface area contributed by atoms with E-state index in [1.807, 2.05) is 54.8 Å². The molecule has 0 saturated carbocycles. The van der Waals surface area contributed by atoms with Gasteiger partial charge < -0.3 is 10.2 Å². The molecule has 7 nitrogen and oxygen atoms in total. The summed E-state index contributed by atoms with van der Waals surface area (Å²) in [5.41, 5.74) is 3.55. The molecule has 2 aliphatic rings. The maximum atomic E-state index is 13.3. The number of aryl methyl sites for hydroxylation is 1. The maximum absolute atomic E-state index is 13.3. The second-order valence-electron chi connectivity index (χ2n) is 9.12. The van der Waals surface area contributed by atoms with Gasteiger partial charge in [-0.2, -0.15) is 5.26 Å². The predicted octanol–water partition coefficient (Wildman–Crippen LogP) is 4.51. The van der Waals surface area contributed by atoms with Gasteiger partial charge >= 0.3 is 6.03 Å². The monoisotopic (exact) mass is 502 g/mol. The van der Waals surface area contributed by atoms with Crippen LogP contribution in [0.1, 0.15) is 47.9 Å². The standard InChI is InChI=1S/C28H30N4O3S/c1-20-10-12-21(13-11-20)18-30-25(33)9-3-2-6-15-31-27(34)26-24(14-16-36-26)32(28(31)35)19-23-8-5-4-7-22(23)17-29/h4-5,7-8,10-14,16,24,26H,2-3,6,9,15,18-19H2,1H3,(H,30,33). The summed E-state index contributed by atoms with van der Waals surface area (Å²) in [7, 11) is 0. The van der Waals surface area contributed by atoms with Crippen LogP contribution in [0.3, 0.4) is 0 Å². The average molecular weight is 503 g/mol. The molecule has 0 spiro atoms. The largest absolute Gasteiger partial charge is 0.352 e. The van der Waals surface area contributed by atoms with E-state index in [0.717, 1.165) is 17.5 Å². The topological polar surface area (TPSA) is 93.5 Å². The number of carbonyl (C=O) groups is 3. The molecule has 2 unspecified atom stereocenters. The number of nitrogens with zero attached hydrogens (tertiary/aromatic N) is 3. The molecule has 4 rings (SSSR count). The van der Waals surface area contributed by atoms with E-state index in [0.29, 0.717) is 37.9 Å². The molecule has 8 heteroatoms. The highest BCUT2D eigenvalue weighted by Crippen LogP contribution is 2.35. The van der Waals surface area contributed by atoms with Gasteiger partial charge in [-0.25, -0.2) is 4.79 Å². The number of hydrogen-bond donors (Lipinski definition) is 1. The summed E-state index contributed by atoms with van der Waals surface area (Å²) in [4.78, 5) is 41.6. The van der Waals surface area contributed by atoms with Crippen molar-refractivity contribution in [2.45, 2.75) is 57.0 Å². The van der Waals surface area contributed by atoms with Gasteiger partial charge in [0.05, 0.1) is 17.7 Å². The molecule has 4 amide bonds. The van der Waals surface area contributed by atoms with Crippen molar-refractivity contribution in [2.24, 2.45) is 0 Å². The van der Waals surface area contributed by atoms with Crippen molar-refractivity contribution in [3.05, 3.63) is 82.3 Å². The summed E-state index contributed by atoms with van der Waals surface area (Å²) in [6.07, 6.45) is 4.38. The molecule has 0 bridgehead atoms. The summed E-state index contributed by atoms with van der Waals surface area (Å²) in [5, 5.41) is 13.9. The number of thioether (sulfide) groups is 1. The van der Waals surface area contributed by atoms with Gasteiger partial charge in [-0.1, -0.05) is 60.5 Å². The highest BCUT2D eigenvalue weighted by Gasteiger charge is 2.46. The lowest BCUT2D eigenvalue weighted by Crippen LogP contribution is -2.61. The third-order valence-electron chi connectivity index (χ3n) is 6.53. The second kappa shape index (κ2) is 11.9. The van der Waals surface area contributed by atoms with Crippen LogP contribution in [0.5, 0.6) is 0 Å². The second-order valence-corrected chi connectivity index (χ2v) is 10.2. The molecule has 0 aliphatic carbocycles. The Balaban J connectivity index is 1.27. The predicted molar refractivity (Wildman–Crippen MR) is 140 cm³/mol. The lowest BCUT2D eigenvalue weighted by molar-refractivity contribution is -0.131. The molecule has 1 saturated heterocycles. The maximum Gasteiger partial charge on any atom is 0.327 e. The number of imide groups is 1. The fourth-order valence-corrected chi connectivity index (χ4v) is 5.51. The minimum absolute atomic E-state index is 0.000643. The fourth-order valence-electron chi connectivity index (χ4n) is 4.45. The molecule has 36 heavy (non-hydrogen) atoms. The summed E-state index contributed by atoms with van der Waals surface area (Å²) >= 11 is 1.43. The molecule has 2 aromatic rings. The van der Waals surface area contributed by atoms with E-state index in [1.165, 1.54) is 22.2 Å². The van der Waals surface area contributed by atoms with Crippen LogP contribution < -0.4 is 5.32 Å². The smallest absolute Gasteiger partial charge is 0.327 e. The molecule has 186 valence electrons. The van der Waals surface area contributed by atoms with Gasteiger partial charge in [-0.3, -0.25) is 14.5 Å². The lowest BCUT2D eigenvalue weighted by Gasteiger charge is -2.41. The van der Waals surface area contributed by atoms with Crippen LogP contribution in [-0.2, 0) is 22.7 Å². The van der Waals surface area contributed by atoms with Gasteiger partial charge in [0.15, 0.2) is 0 Å². The Labute approximate surface area is 216 Å². The Morgan fingerprint density at radius 2 is 1.86 bits per heavy atom. The van der Waals surface area contributed by atoms with Crippen LogP contribution in [0.15, 0.2) is 60.0 Å². The van der Waals surface area contributed by atoms with Crippen molar-refractivity contribution < 1.29 is 14.4 Å². The van der Waals surface area contributed by atoms with Crippen LogP contribution in [0.25, 0.3) is 0 Å². The fraction of sp³-hybridized carbons (Fsp3) is 0.357. The van der Waals surface area contributed by atoms with Crippen molar-refractivity contribution >= 4 is 29.6 Å². The van der Waals surface area contributed by atoms with Crippen LogP contribution in [-0.4, -0.2) is 45.5 Å². The molecular formula is C28H30N4O3S. The minimum atomic E-state index is -0.357. The van der Waals surface area contributed by atoms with E-state index in [9.17, 15) is 19.6 Å². The Morgan fingerprint density at radius 3 is 2.64 bits per heavy atom. The molecule has 2 atom stereocenters. The van der Waals surface area contributed by atoms with E-state index in [2.05, 4.69) is 11.4 Å². The normalized spacial score (nSPS) is 18.8. The minimum Gasteiger partial charge on any atom is -0.352 e. The van der Waals surface area contributed by atoms with Crippen molar-refractivity contribution in [1.82, 2.24) is 15.1 Å². The first-order valence-electron chi connectivity index (χ1n) is 12.2. The Bertz CT molecular complexity index is 1190. The zero-order valence-electron chi connectivity index (χ0n) is 20.4. The number of nitrogens with one attached hydrogen (secondary N) is 1. The van der Waals surface area contributed by atoms with Crippen molar-refractivity contribution in [3.63, 3.8) is 0 Å². The van der Waals surface area contributed by atoms with E-state index >= 15 is 0 Å². The van der Waals surface area contributed by atoms with Crippen molar-refractivity contribution in [2.75, 3.05) is 6.54 Å². The number of urea groups is 1. The van der Waals surface area contributed by atoms with Gasteiger partial charge in [0.25, 0.3) is 0 Å². The highest BCUT2D eigenvalue weighted by molar-refractivity contribution is 8.03. The SMILES string of the molecule is Cc1ccc(CNC(=O)CCCCCN2C(=O)C3SC=CC3N(Cc3ccccc3C#N)C2=O)cc1. The third-order valence-corrected chi connectivity index (χ3v) is 7.62. The van der Waals surface area contributed by atoms with Gasteiger partial charge in [0.1, 0.15) is 5.25 Å². The summed E-state index contributed by atoms with van der Waals surface area (Å²) in [5.74, 6) is -0.167. The first-order valence-corrected chi connectivity index (χ1v) is 13.2. The van der Waals surface area contributed by atoms with E-state index in [4.69, 9.17) is 0 Å². The van der Waals surface area contributed by atoms with Crippen LogP contribution >= 0.6 is 11.8 Å². The van der Waals surface area contributed by atoms with Gasteiger partial charge in [0, 0.05) is 26.1 Å². The molecule has 2 aromatic carbocycles. The number of fused-ring (bicyclic) bond motifs is 1. The first-order chi connectivity index (χ1) is 17.5. The summed E-state index contributed by atoms with van der Waals surface area (Å²) in [6, 6.07) is 16.8. The van der Waals surface area contributed by atoms with Gasteiger partial charge in [-0.15, -0.1) is 11.8 Å². The molecule has 0 radical (unpaired) electrons. The highest BCUT2D eigenvalue weighted by atomic mass is 32.2. The number of nitriles is 1. The average Bonchev–Trinajstić information content (AvgIpc) is 3.38. The number of unbranched alkanes of at least 4 members (excludes halogenated alkanes) is 2. The molecular weight excluding hydrogens is 472 g/mol. The molecule has 0 aromatic heterocycles. The Hall–Kier alpha value is -3.57. The number of rotatable bonds is 10. The van der Waals surface area contributed by atoms with Crippen LogP contribution in [0.4, 0.5) is 4.79 Å². The van der Waals surface area contributed by atoms with Gasteiger partial charge in [0.2, 0.25) is 11.8 Å².